The highest BCUT2D eigenvalue weighted by Crippen LogP contribution is 1.74. The zero-order valence-electron chi connectivity index (χ0n) is 7.23. The summed E-state index contributed by atoms with van der Waals surface area (Å²) < 4.78 is 4.33. The molecule has 0 unspecified atom stereocenters. The van der Waals surface area contributed by atoms with Crippen LogP contribution in [0.25, 0.3) is 0 Å². The quantitative estimate of drug-likeness (QED) is 0.348. The lowest BCUT2D eigenvalue weighted by Gasteiger charge is -1.94. The second kappa shape index (κ2) is 10.4. The van der Waals surface area contributed by atoms with Crippen LogP contribution in [0.1, 0.15) is 0 Å². The van der Waals surface area contributed by atoms with Crippen LogP contribution in [-0.4, -0.2) is 30.2 Å². The Morgan fingerprint density at radius 3 is 2.15 bits per heavy atom. The summed E-state index contributed by atoms with van der Waals surface area (Å²) in [6, 6.07) is 0. The summed E-state index contributed by atoms with van der Waals surface area (Å²) >= 11 is 0. The fourth-order valence-corrected chi connectivity index (χ4v) is 0.198. The van der Waals surface area contributed by atoms with Crippen LogP contribution in [0.3, 0.4) is 0 Å². The predicted octanol–water partition coefficient (Wildman–Crippen LogP) is -0.634. The molecule has 13 heavy (non-hydrogen) atoms. The van der Waals surface area contributed by atoms with Crippen molar-refractivity contribution in [3.63, 3.8) is 0 Å². The fraction of sp³-hybridized carbons (Fsp3) is 0.250. The number of nitrogens with two attached hydrogens (primary N) is 1. The number of hydrogen-bond donors (Lipinski definition) is 2. The summed E-state index contributed by atoms with van der Waals surface area (Å²) in [7, 11) is 0. The highest BCUT2D eigenvalue weighted by Gasteiger charge is 1.93. The van der Waals surface area contributed by atoms with E-state index < -0.39 is 18.5 Å². The Hall–Kier alpha value is -1.62. The molecular weight excluding hydrogens is 174 g/mol. The van der Waals surface area contributed by atoms with Crippen LogP contribution in [0.4, 0.5) is 0 Å². The first kappa shape index (κ1) is 13.9. The lowest BCUT2D eigenvalue weighted by atomic mass is 10.6. The van der Waals surface area contributed by atoms with E-state index in [4.69, 9.17) is 5.11 Å². The average molecular weight is 187 g/mol. The van der Waals surface area contributed by atoms with Gasteiger partial charge >= 0.3 is 5.97 Å². The van der Waals surface area contributed by atoms with Crippen LogP contribution in [-0.2, 0) is 14.3 Å². The van der Waals surface area contributed by atoms with E-state index in [2.05, 4.69) is 23.6 Å². The zero-order valence-corrected chi connectivity index (χ0v) is 7.23. The fourth-order valence-electron chi connectivity index (χ4n) is 0.198. The molecule has 5 heteroatoms. The van der Waals surface area contributed by atoms with Crippen molar-refractivity contribution in [3.05, 3.63) is 25.3 Å². The van der Waals surface area contributed by atoms with Gasteiger partial charge in [0.15, 0.2) is 0 Å². The lowest BCUT2D eigenvalue weighted by Crippen LogP contribution is -2.08. The minimum atomic E-state index is -0.620. The van der Waals surface area contributed by atoms with Crippen LogP contribution < -0.4 is 5.73 Å². The number of hydrogen-bond acceptors (Lipinski definition) is 4. The Kier molecular flexibility index (Phi) is 11.1. The van der Waals surface area contributed by atoms with Gasteiger partial charge in [0.1, 0.15) is 13.2 Å². The number of aliphatic hydroxyl groups is 1. The van der Waals surface area contributed by atoms with Gasteiger partial charge < -0.3 is 15.6 Å². The van der Waals surface area contributed by atoms with E-state index in [1.165, 1.54) is 6.08 Å². The molecule has 0 saturated carbocycles. The molecule has 0 bridgehead atoms. The molecule has 0 rings (SSSR count). The van der Waals surface area contributed by atoms with Crippen molar-refractivity contribution < 1.29 is 19.4 Å². The second-order valence-electron chi connectivity index (χ2n) is 1.74. The van der Waals surface area contributed by atoms with E-state index >= 15 is 0 Å². The molecular formula is C8H13NO4. The summed E-state index contributed by atoms with van der Waals surface area (Å²) in [6.45, 7) is 6.00. The molecule has 5 nitrogen and oxygen atoms in total. The Balaban J connectivity index is 0. The van der Waals surface area contributed by atoms with Gasteiger partial charge in [0.05, 0.1) is 0 Å². The first-order chi connectivity index (χ1) is 6.08. The molecule has 74 valence electrons. The van der Waals surface area contributed by atoms with Gasteiger partial charge in [-0.05, 0) is 6.08 Å². The summed E-state index contributed by atoms with van der Waals surface area (Å²) in [5.74, 6) is -1.10. The minimum Gasteiger partial charge on any atom is -0.460 e. The molecule has 0 aliphatic carbocycles. The largest absolute Gasteiger partial charge is 0.460 e. The average Bonchev–Trinajstić information content (AvgIpc) is 2.15. The third-order valence-electron chi connectivity index (χ3n) is 0.692. The zero-order chi connectivity index (χ0) is 10.7. The van der Waals surface area contributed by atoms with Crippen molar-refractivity contribution in [2.24, 2.45) is 5.73 Å². The molecule has 0 heterocycles. The maximum absolute atomic E-state index is 10.1. The molecule has 0 aromatic rings. The molecule has 0 aromatic heterocycles. The Bertz CT molecular complexity index is 189. The van der Waals surface area contributed by atoms with Gasteiger partial charge in [-0.2, -0.15) is 0 Å². The highest BCUT2D eigenvalue weighted by atomic mass is 16.5. The molecule has 0 saturated heterocycles. The standard InChI is InChI=1S/C5H8O3.C3H5NO/c1-2-3-8-5(7)4-6;1-2-3(4)5/h2,6H,1,3-4H2;2H,1H2,(H2,4,5). The number of carbonyl (C=O) groups excluding carboxylic acids is 2. The van der Waals surface area contributed by atoms with Crippen molar-refractivity contribution in [1.29, 1.82) is 0 Å². The Morgan fingerprint density at radius 1 is 1.46 bits per heavy atom. The first-order valence-electron chi connectivity index (χ1n) is 3.37. The maximum Gasteiger partial charge on any atom is 0.332 e. The van der Waals surface area contributed by atoms with Crippen molar-refractivity contribution in [1.82, 2.24) is 0 Å². The van der Waals surface area contributed by atoms with E-state index in [1.807, 2.05) is 0 Å². The predicted molar refractivity (Wildman–Crippen MR) is 47.6 cm³/mol. The molecule has 0 fully saturated rings. The molecule has 0 aromatic carbocycles. The number of esters is 1. The third-order valence-corrected chi connectivity index (χ3v) is 0.692. The summed E-state index contributed by atoms with van der Waals surface area (Å²) in [5.41, 5.74) is 4.53. The van der Waals surface area contributed by atoms with E-state index in [1.54, 1.807) is 0 Å². The topological polar surface area (TPSA) is 89.6 Å². The summed E-state index contributed by atoms with van der Waals surface area (Å²) in [4.78, 5) is 19.5. The molecule has 0 aliphatic heterocycles. The summed E-state index contributed by atoms with van der Waals surface area (Å²) in [6.07, 6.45) is 2.49. The van der Waals surface area contributed by atoms with Gasteiger partial charge in [0.2, 0.25) is 5.91 Å². The SMILES string of the molecule is C=CC(N)=O.C=CCOC(=O)CO. The van der Waals surface area contributed by atoms with Gasteiger partial charge in [-0.3, -0.25) is 4.79 Å². The van der Waals surface area contributed by atoms with Gasteiger partial charge in [-0.1, -0.05) is 19.2 Å². The van der Waals surface area contributed by atoms with Crippen LogP contribution in [0.5, 0.6) is 0 Å². The van der Waals surface area contributed by atoms with Crippen LogP contribution in [0, 0.1) is 0 Å². The van der Waals surface area contributed by atoms with E-state index in [0.717, 1.165) is 6.08 Å². The van der Waals surface area contributed by atoms with Crippen molar-refractivity contribution in [3.8, 4) is 0 Å². The number of ether oxygens (including phenoxy) is 1. The number of carbonyl (C=O) groups is 2. The van der Waals surface area contributed by atoms with Crippen LogP contribution in [0.2, 0.25) is 0 Å². The Labute approximate surface area is 76.5 Å². The van der Waals surface area contributed by atoms with Gasteiger partial charge in [-0.15, -0.1) is 0 Å². The number of rotatable bonds is 4. The van der Waals surface area contributed by atoms with Crippen LogP contribution in [0.15, 0.2) is 25.3 Å². The van der Waals surface area contributed by atoms with Gasteiger partial charge in [-0.25, -0.2) is 4.79 Å². The monoisotopic (exact) mass is 187 g/mol. The highest BCUT2D eigenvalue weighted by molar-refractivity contribution is 5.84. The summed E-state index contributed by atoms with van der Waals surface area (Å²) in [5, 5.41) is 8.05. The minimum absolute atomic E-state index is 0.166. The van der Waals surface area contributed by atoms with Crippen molar-refractivity contribution >= 4 is 11.9 Å². The molecule has 0 aliphatic rings. The number of primary amides is 1. The normalized spacial score (nSPS) is 7.46. The molecule has 0 spiro atoms. The lowest BCUT2D eigenvalue weighted by molar-refractivity contribution is -0.145. The molecule has 0 radical (unpaired) electrons. The van der Waals surface area contributed by atoms with E-state index in [-0.39, 0.29) is 6.61 Å². The Morgan fingerprint density at radius 2 is 1.92 bits per heavy atom. The number of amides is 1. The van der Waals surface area contributed by atoms with E-state index in [9.17, 15) is 9.59 Å². The van der Waals surface area contributed by atoms with Gasteiger partial charge in [0, 0.05) is 0 Å². The molecule has 3 N–H and O–H groups in total. The first-order valence-corrected chi connectivity index (χ1v) is 3.37. The maximum atomic E-state index is 10.1. The number of aliphatic hydroxyl groups excluding tert-OH is 1. The van der Waals surface area contributed by atoms with Crippen LogP contribution >= 0.6 is 0 Å². The molecule has 1 amide bonds. The van der Waals surface area contributed by atoms with Crippen molar-refractivity contribution in [2.45, 2.75) is 0 Å². The smallest absolute Gasteiger partial charge is 0.332 e. The van der Waals surface area contributed by atoms with Gasteiger partial charge in [0.25, 0.3) is 0 Å². The second-order valence-corrected chi connectivity index (χ2v) is 1.74. The molecule has 0 atom stereocenters. The van der Waals surface area contributed by atoms with Crippen molar-refractivity contribution in [2.75, 3.05) is 13.2 Å². The van der Waals surface area contributed by atoms with E-state index in [0.29, 0.717) is 0 Å². The third kappa shape index (κ3) is 17.9.